The lowest BCUT2D eigenvalue weighted by Gasteiger charge is -2.38. The second-order valence-electron chi connectivity index (χ2n) is 10.8. The van der Waals surface area contributed by atoms with E-state index in [1.165, 1.54) is 0 Å². The van der Waals surface area contributed by atoms with Gasteiger partial charge in [-0.3, -0.25) is 20.4 Å². The molecule has 0 aliphatic heterocycles. The summed E-state index contributed by atoms with van der Waals surface area (Å²) in [4.78, 5) is 27.5. The van der Waals surface area contributed by atoms with Crippen molar-refractivity contribution in [2.75, 3.05) is 11.7 Å². The quantitative estimate of drug-likeness (QED) is 0.302. The Hall–Kier alpha value is -3.13. The molecule has 0 heterocycles. The summed E-state index contributed by atoms with van der Waals surface area (Å²) in [7, 11) is -4.12. The normalized spacial score (nSPS) is 14.7. The van der Waals surface area contributed by atoms with Crippen LogP contribution in [-0.4, -0.2) is 36.9 Å². The second kappa shape index (κ2) is 12.4. The summed E-state index contributed by atoms with van der Waals surface area (Å²) >= 11 is 0. The van der Waals surface area contributed by atoms with Crippen LogP contribution in [0, 0.1) is 18.8 Å². The van der Waals surface area contributed by atoms with Gasteiger partial charge in [0, 0.05) is 6.26 Å². The Morgan fingerprint density at radius 1 is 1.00 bits per heavy atom. The number of amides is 1. The van der Waals surface area contributed by atoms with Gasteiger partial charge in [0.1, 0.15) is 5.60 Å². The van der Waals surface area contributed by atoms with E-state index in [1.54, 1.807) is 39.0 Å². The van der Waals surface area contributed by atoms with Crippen LogP contribution < -0.4 is 10.9 Å². The highest BCUT2D eigenvalue weighted by molar-refractivity contribution is 7.93. The molecule has 37 heavy (non-hydrogen) atoms. The summed E-state index contributed by atoms with van der Waals surface area (Å²) in [6.45, 7) is 10.7. The summed E-state index contributed by atoms with van der Waals surface area (Å²) < 4.78 is 30.7. The minimum absolute atomic E-state index is 0.00137. The molecule has 0 aliphatic carbocycles. The maximum absolute atomic E-state index is 13.9. The number of aryl methyl sites for hydroxylation is 1. The van der Waals surface area contributed by atoms with Crippen molar-refractivity contribution in [2.24, 2.45) is 11.8 Å². The zero-order chi connectivity index (χ0) is 27.9. The van der Waals surface area contributed by atoms with Crippen LogP contribution in [0.3, 0.4) is 0 Å². The zero-order valence-electron chi connectivity index (χ0n) is 22.9. The molecule has 0 unspecified atom stereocenters. The van der Waals surface area contributed by atoms with Crippen LogP contribution >= 0.6 is 0 Å². The van der Waals surface area contributed by atoms with Crippen LogP contribution in [0.1, 0.15) is 58.6 Å². The van der Waals surface area contributed by atoms with Crippen LogP contribution in [-0.2, 0) is 24.2 Å². The molecule has 0 radical (unpaired) electrons. The van der Waals surface area contributed by atoms with Crippen molar-refractivity contribution in [1.82, 2.24) is 5.43 Å². The second-order valence-corrected chi connectivity index (χ2v) is 13.1. The van der Waals surface area contributed by atoms with Gasteiger partial charge in [0.2, 0.25) is 0 Å². The molecule has 0 spiro atoms. The van der Waals surface area contributed by atoms with E-state index in [-0.39, 0.29) is 18.8 Å². The van der Waals surface area contributed by atoms with Crippen molar-refractivity contribution in [3.8, 4) is 0 Å². The van der Waals surface area contributed by atoms with E-state index in [2.05, 4.69) is 10.9 Å². The largest absolute Gasteiger partial charge is 0.460 e. The van der Waals surface area contributed by atoms with E-state index in [4.69, 9.17) is 4.74 Å². The number of nitrogens with one attached hydrogen (secondary N) is 2. The first kappa shape index (κ1) is 30.1. The number of anilines is 1. The predicted octanol–water partition coefficient (Wildman–Crippen LogP) is 5.33. The fraction of sp³-hybridized carbons (Fsp3) is 0.448. The molecule has 1 amide bonds. The molecule has 0 saturated carbocycles. The molecular weight excluding hydrogens is 488 g/mol. The van der Waals surface area contributed by atoms with E-state index < -0.39 is 38.0 Å². The number of esters is 1. The minimum atomic E-state index is -4.12. The van der Waals surface area contributed by atoms with Crippen molar-refractivity contribution in [3.05, 3.63) is 71.8 Å². The van der Waals surface area contributed by atoms with Gasteiger partial charge in [-0.2, -0.15) is 0 Å². The minimum Gasteiger partial charge on any atom is -0.460 e. The topological polar surface area (TPSA) is 102 Å². The van der Waals surface area contributed by atoms with Crippen LogP contribution in [0.15, 0.2) is 60.7 Å². The average molecular weight is 529 g/mol. The lowest BCUT2D eigenvalue weighted by atomic mass is 9.81. The Balaban J connectivity index is 2.59. The number of carbonyl (C=O) groups excluding carboxylic acids is 2. The van der Waals surface area contributed by atoms with Gasteiger partial charge in [0.15, 0.2) is 14.6 Å². The summed E-state index contributed by atoms with van der Waals surface area (Å²) in [5, 5.41) is 0. The molecule has 0 saturated heterocycles. The molecular formula is C29H40N2O5S. The number of ether oxygens (including phenoxy) is 1. The first-order valence-electron chi connectivity index (χ1n) is 12.4. The number of sulfone groups is 1. The van der Waals surface area contributed by atoms with Gasteiger partial charge < -0.3 is 4.74 Å². The number of carbonyl (C=O) groups is 2. The van der Waals surface area contributed by atoms with E-state index in [1.807, 2.05) is 69.3 Å². The van der Waals surface area contributed by atoms with Crippen molar-refractivity contribution >= 4 is 33.5 Å². The Labute approximate surface area is 221 Å². The van der Waals surface area contributed by atoms with Crippen molar-refractivity contribution < 1.29 is 22.7 Å². The Bertz CT molecular complexity index is 1200. The summed E-state index contributed by atoms with van der Waals surface area (Å²) in [6.07, 6.45) is 4.49. The summed E-state index contributed by atoms with van der Waals surface area (Å²) in [5.74, 6) is -3.01. The molecule has 0 aliphatic rings. The molecule has 0 bridgehead atoms. The first-order valence-corrected chi connectivity index (χ1v) is 14.3. The number of para-hydroxylation sites is 1. The van der Waals surface area contributed by atoms with Crippen molar-refractivity contribution in [1.29, 1.82) is 0 Å². The molecule has 2 rings (SSSR count). The van der Waals surface area contributed by atoms with Crippen molar-refractivity contribution in [3.63, 3.8) is 0 Å². The summed E-state index contributed by atoms with van der Waals surface area (Å²) in [5.41, 5.74) is 6.97. The Morgan fingerprint density at radius 3 is 2.14 bits per heavy atom. The van der Waals surface area contributed by atoms with Crippen molar-refractivity contribution in [2.45, 2.75) is 64.7 Å². The van der Waals surface area contributed by atoms with Gasteiger partial charge in [0.05, 0.1) is 11.6 Å². The molecule has 2 N–H and O–H groups in total. The van der Waals surface area contributed by atoms with E-state index >= 15 is 0 Å². The number of rotatable bonds is 11. The van der Waals surface area contributed by atoms with Gasteiger partial charge in [0.25, 0.3) is 5.91 Å². The molecule has 7 nitrogen and oxygen atoms in total. The zero-order valence-corrected chi connectivity index (χ0v) is 23.7. The number of hydrogen-bond donors (Lipinski definition) is 2. The highest BCUT2D eigenvalue weighted by Gasteiger charge is 2.57. The van der Waals surface area contributed by atoms with E-state index in [0.29, 0.717) is 5.69 Å². The third-order valence-corrected chi connectivity index (χ3v) is 7.91. The third-order valence-electron chi connectivity index (χ3n) is 5.95. The highest BCUT2D eigenvalue weighted by Crippen LogP contribution is 2.38. The SMILES string of the molecule is Cc1ccccc1NNC(=O)[C@@](CC(C)C)([C@@H](CC=Cc1ccccc1)C(=O)OC(C)(C)C)S(C)(=O)=O. The fourth-order valence-corrected chi connectivity index (χ4v) is 6.01. The first-order chi connectivity index (χ1) is 17.2. The lowest BCUT2D eigenvalue weighted by Crippen LogP contribution is -2.61. The molecule has 2 aromatic rings. The Kier molecular flexibility index (Phi) is 10.1. The van der Waals surface area contributed by atoms with Gasteiger partial charge >= 0.3 is 5.97 Å². The smallest absolute Gasteiger partial charge is 0.311 e. The van der Waals surface area contributed by atoms with Gasteiger partial charge in [-0.15, -0.1) is 0 Å². The number of allylic oxidation sites excluding steroid dienone is 1. The van der Waals surface area contributed by atoms with Gasteiger partial charge in [-0.25, -0.2) is 8.42 Å². The molecule has 8 heteroatoms. The average Bonchev–Trinajstić information content (AvgIpc) is 2.78. The maximum atomic E-state index is 13.9. The molecule has 2 atom stereocenters. The van der Waals surface area contributed by atoms with Crippen LogP contribution in [0.5, 0.6) is 0 Å². The van der Waals surface area contributed by atoms with E-state index in [0.717, 1.165) is 17.4 Å². The van der Waals surface area contributed by atoms with Crippen LogP contribution in [0.25, 0.3) is 6.08 Å². The number of hydrogen-bond acceptors (Lipinski definition) is 6. The third kappa shape index (κ3) is 8.18. The number of benzene rings is 2. The molecule has 2 aromatic carbocycles. The van der Waals surface area contributed by atoms with Crippen LogP contribution in [0.4, 0.5) is 5.69 Å². The van der Waals surface area contributed by atoms with Crippen LogP contribution in [0.2, 0.25) is 0 Å². The maximum Gasteiger partial charge on any atom is 0.311 e. The Morgan fingerprint density at radius 2 is 1.59 bits per heavy atom. The standard InChI is InChI=1S/C29H40N2O5S/c1-21(2)20-29(37(7,34)35,27(33)31-30-25-19-12-11-14-22(25)3)24(26(32)36-28(4,5)6)18-13-17-23-15-9-8-10-16-23/h8-17,19,21,24,30H,18,20H2,1-7H3,(H,31,33)/t24-,29+/m0/s1. The lowest BCUT2D eigenvalue weighted by molar-refractivity contribution is -0.163. The molecule has 202 valence electrons. The fourth-order valence-electron chi connectivity index (χ4n) is 4.28. The predicted molar refractivity (Wildman–Crippen MR) is 149 cm³/mol. The molecule has 0 fully saturated rings. The molecule has 0 aromatic heterocycles. The van der Waals surface area contributed by atoms with E-state index in [9.17, 15) is 18.0 Å². The van der Waals surface area contributed by atoms with Gasteiger partial charge in [-0.1, -0.05) is 74.5 Å². The number of hydrazine groups is 1. The summed E-state index contributed by atoms with van der Waals surface area (Å²) in [6, 6.07) is 16.8. The van der Waals surface area contributed by atoms with Gasteiger partial charge in [-0.05, 0) is 63.6 Å². The highest BCUT2D eigenvalue weighted by atomic mass is 32.2. The monoisotopic (exact) mass is 528 g/mol.